The summed E-state index contributed by atoms with van der Waals surface area (Å²) in [6.45, 7) is 4.42. The zero-order valence-electron chi connectivity index (χ0n) is 16.2. The average Bonchev–Trinajstić information content (AvgIpc) is 3.23. The van der Waals surface area contributed by atoms with Gasteiger partial charge in [0, 0.05) is 55.2 Å². The molecule has 2 aliphatic heterocycles. The van der Waals surface area contributed by atoms with Crippen LogP contribution in [-0.2, 0) is 4.79 Å². The molecule has 2 unspecified atom stereocenters. The molecule has 0 bridgehead atoms. The summed E-state index contributed by atoms with van der Waals surface area (Å²) in [6, 6.07) is 10.5. The van der Waals surface area contributed by atoms with E-state index in [9.17, 15) is 9.90 Å². The quantitative estimate of drug-likeness (QED) is 0.787. The van der Waals surface area contributed by atoms with Crippen LogP contribution in [0.4, 0.5) is 0 Å². The Bertz CT molecular complexity index is 634. The summed E-state index contributed by atoms with van der Waals surface area (Å²) in [5.41, 5.74) is -0.560. The third kappa shape index (κ3) is 4.52. The normalized spacial score (nSPS) is 29.7. The van der Waals surface area contributed by atoms with E-state index in [-0.39, 0.29) is 11.8 Å². The summed E-state index contributed by atoms with van der Waals surface area (Å²) >= 11 is 1.90. The van der Waals surface area contributed by atoms with Crippen LogP contribution in [0.15, 0.2) is 35.2 Å². The molecular formula is C22H32N2O2S. The number of nitrogens with zero attached hydrogens (tertiary/aromatic N) is 2. The smallest absolute Gasteiger partial charge is 0.225 e. The van der Waals surface area contributed by atoms with Gasteiger partial charge in [0.15, 0.2) is 0 Å². The van der Waals surface area contributed by atoms with Gasteiger partial charge in [-0.3, -0.25) is 4.79 Å². The van der Waals surface area contributed by atoms with Crippen LogP contribution in [0, 0.1) is 11.8 Å². The maximum Gasteiger partial charge on any atom is 0.225 e. The second kappa shape index (κ2) is 8.54. The Morgan fingerprint density at radius 3 is 2.63 bits per heavy atom. The van der Waals surface area contributed by atoms with Crippen LogP contribution < -0.4 is 0 Å². The van der Waals surface area contributed by atoms with Gasteiger partial charge in [-0.25, -0.2) is 0 Å². The Morgan fingerprint density at radius 1 is 1.11 bits per heavy atom. The van der Waals surface area contributed by atoms with Crippen LogP contribution in [0.1, 0.15) is 38.5 Å². The monoisotopic (exact) mass is 388 g/mol. The third-order valence-electron chi connectivity index (χ3n) is 6.79. The first-order valence-electron chi connectivity index (χ1n) is 10.6. The molecule has 0 spiro atoms. The maximum absolute atomic E-state index is 12.8. The molecule has 1 aliphatic carbocycles. The Balaban J connectivity index is 1.29. The van der Waals surface area contributed by atoms with Crippen molar-refractivity contribution in [1.29, 1.82) is 0 Å². The van der Waals surface area contributed by atoms with Gasteiger partial charge in [-0.1, -0.05) is 31.0 Å². The maximum atomic E-state index is 12.8. The highest BCUT2D eigenvalue weighted by atomic mass is 32.2. The van der Waals surface area contributed by atoms with Crippen LogP contribution >= 0.6 is 11.8 Å². The number of hydrogen-bond donors (Lipinski definition) is 1. The average molecular weight is 389 g/mol. The van der Waals surface area contributed by atoms with Gasteiger partial charge in [0.25, 0.3) is 0 Å². The Morgan fingerprint density at radius 2 is 1.85 bits per heavy atom. The highest BCUT2D eigenvalue weighted by Crippen LogP contribution is 2.37. The van der Waals surface area contributed by atoms with Crippen LogP contribution in [-0.4, -0.2) is 64.9 Å². The lowest BCUT2D eigenvalue weighted by molar-refractivity contribution is -0.150. The number of amides is 1. The van der Waals surface area contributed by atoms with E-state index in [1.807, 2.05) is 11.8 Å². The van der Waals surface area contributed by atoms with Crippen molar-refractivity contribution in [2.75, 3.05) is 38.5 Å². The topological polar surface area (TPSA) is 43.8 Å². The second-order valence-electron chi connectivity index (χ2n) is 8.53. The number of aliphatic hydroxyl groups is 1. The lowest BCUT2D eigenvalue weighted by Gasteiger charge is -2.50. The molecular weight excluding hydrogens is 356 g/mol. The van der Waals surface area contributed by atoms with Crippen LogP contribution in [0.2, 0.25) is 0 Å². The number of piperidine rings is 2. The van der Waals surface area contributed by atoms with E-state index in [4.69, 9.17) is 0 Å². The van der Waals surface area contributed by atoms with Gasteiger partial charge >= 0.3 is 0 Å². The van der Waals surface area contributed by atoms with E-state index in [0.29, 0.717) is 5.91 Å². The molecule has 4 rings (SSSR count). The van der Waals surface area contributed by atoms with Crippen LogP contribution in [0.3, 0.4) is 0 Å². The largest absolute Gasteiger partial charge is 0.389 e. The summed E-state index contributed by atoms with van der Waals surface area (Å²) in [7, 11) is 0. The first-order valence-corrected chi connectivity index (χ1v) is 11.5. The molecule has 1 aromatic carbocycles. The van der Waals surface area contributed by atoms with Gasteiger partial charge in [0.2, 0.25) is 5.91 Å². The Kier molecular flexibility index (Phi) is 6.10. The molecule has 27 heavy (non-hydrogen) atoms. The lowest BCUT2D eigenvalue weighted by atomic mass is 9.75. The predicted octanol–water partition coefficient (Wildman–Crippen LogP) is 3.25. The number of rotatable bonds is 5. The molecule has 2 atom stereocenters. The van der Waals surface area contributed by atoms with Crippen molar-refractivity contribution in [2.45, 2.75) is 49.0 Å². The van der Waals surface area contributed by atoms with Gasteiger partial charge in [-0.05, 0) is 37.8 Å². The van der Waals surface area contributed by atoms with Crippen molar-refractivity contribution in [3.63, 3.8) is 0 Å². The van der Waals surface area contributed by atoms with Crippen molar-refractivity contribution in [3.8, 4) is 0 Å². The van der Waals surface area contributed by atoms with Crippen LogP contribution in [0.5, 0.6) is 0 Å². The van der Waals surface area contributed by atoms with Gasteiger partial charge in [-0.15, -0.1) is 11.8 Å². The van der Waals surface area contributed by atoms with E-state index in [0.717, 1.165) is 64.2 Å². The summed E-state index contributed by atoms with van der Waals surface area (Å²) in [4.78, 5) is 18.7. The van der Waals surface area contributed by atoms with E-state index in [1.54, 1.807) is 0 Å². The first-order chi connectivity index (χ1) is 13.1. The summed E-state index contributed by atoms with van der Waals surface area (Å²) < 4.78 is 0. The minimum absolute atomic E-state index is 0.201. The Hall–Kier alpha value is -1.04. The fourth-order valence-corrected chi connectivity index (χ4v) is 5.95. The SMILES string of the molecule is O=C(C1CCCC1)N1CCC2(O)CCN(CCSc3ccccc3)CC2C1. The number of fused-ring (bicyclic) bond motifs is 1. The number of likely N-dealkylation sites (tertiary alicyclic amines) is 2. The molecule has 3 fully saturated rings. The molecule has 1 aromatic rings. The number of hydrogen-bond acceptors (Lipinski definition) is 4. The predicted molar refractivity (Wildman–Crippen MR) is 110 cm³/mol. The molecule has 0 radical (unpaired) electrons. The summed E-state index contributed by atoms with van der Waals surface area (Å²) in [5, 5.41) is 11.1. The zero-order valence-corrected chi connectivity index (χ0v) is 17.0. The van der Waals surface area contributed by atoms with Gasteiger partial charge in [0.1, 0.15) is 0 Å². The van der Waals surface area contributed by atoms with E-state index >= 15 is 0 Å². The molecule has 1 N–H and O–H groups in total. The van der Waals surface area contributed by atoms with E-state index < -0.39 is 5.60 Å². The number of carbonyl (C=O) groups excluding carboxylic acids is 1. The molecule has 1 saturated carbocycles. The Labute approximate surface area is 167 Å². The van der Waals surface area contributed by atoms with Crippen molar-refractivity contribution in [3.05, 3.63) is 30.3 Å². The first kappa shape index (κ1) is 19.3. The van der Waals surface area contributed by atoms with Gasteiger partial charge < -0.3 is 14.9 Å². The molecule has 4 nitrogen and oxygen atoms in total. The lowest BCUT2D eigenvalue weighted by Crippen LogP contribution is -2.61. The summed E-state index contributed by atoms with van der Waals surface area (Å²) in [6.07, 6.45) is 6.12. The van der Waals surface area contributed by atoms with E-state index in [1.165, 1.54) is 17.7 Å². The molecule has 5 heteroatoms. The molecule has 2 saturated heterocycles. The van der Waals surface area contributed by atoms with Crippen molar-refractivity contribution in [1.82, 2.24) is 9.80 Å². The van der Waals surface area contributed by atoms with Crippen molar-refractivity contribution >= 4 is 17.7 Å². The highest BCUT2D eigenvalue weighted by Gasteiger charge is 2.46. The summed E-state index contributed by atoms with van der Waals surface area (Å²) in [5.74, 6) is 1.87. The fraction of sp³-hybridized carbons (Fsp3) is 0.682. The highest BCUT2D eigenvalue weighted by molar-refractivity contribution is 7.99. The standard InChI is InChI=1S/C22H32N2O2S/c25-21(18-6-4-5-7-18)24-13-11-22(26)10-12-23(16-19(22)17-24)14-15-27-20-8-2-1-3-9-20/h1-3,8-9,18-19,26H,4-7,10-17H2. The van der Waals surface area contributed by atoms with E-state index in [2.05, 4.69) is 40.1 Å². The minimum atomic E-state index is -0.560. The molecule has 2 heterocycles. The number of carbonyl (C=O) groups is 1. The zero-order chi connectivity index (χ0) is 18.7. The van der Waals surface area contributed by atoms with Crippen LogP contribution in [0.25, 0.3) is 0 Å². The second-order valence-corrected chi connectivity index (χ2v) is 9.70. The molecule has 0 aromatic heterocycles. The van der Waals surface area contributed by atoms with Crippen molar-refractivity contribution < 1.29 is 9.90 Å². The fourth-order valence-electron chi connectivity index (χ4n) is 5.01. The third-order valence-corrected chi connectivity index (χ3v) is 7.78. The molecule has 3 aliphatic rings. The van der Waals surface area contributed by atoms with Gasteiger partial charge in [0.05, 0.1) is 5.60 Å². The number of benzene rings is 1. The van der Waals surface area contributed by atoms with Gasteiger partial charge in [-0.2, -0.15) is 0 Å². The molecule has 148 valence electrons. The molecule has 1 amide bonds. The minimum Gasteiger partial charge on any atom is -0.389 e. The van der Waals surface area contributed by atoms with Crippen molar-refractivity contribution in [2.24, 2.45) is 11.8 Å². The number of thioether (sulfide) groups is 1.